The van der Waals surface area contributed by atoms with Gasteiger partial charge in [-0.15, -0.1) is 0 Å². The quantitative estimate of drug-likeness (QED) is 0.873. The number of fused-ring (bicyclic) bond motifs is 1. The number of carboxylic acids is 1. The molecule has 1 saturated carbocycles. The Morgan fingerprint density at radius 3 is 2.94 bits per heavy atom. The molecule has 1 aromatic carbocycles. The van der Waals surface area contributed by atoms with E-state index in [-0.39, 0.29) is 0 Å². The van der Waals surface area contributed by atoms with Gasteiger partial charge in [-0.2, -0.15) is 4.37 Å². The first-order chi connectivity index (χ1) is 8.21. The van der Waals surface area contributed by atoms with Crippen molar-refractivity contribution in [1.29, 1.82) is 0 Å². The molecule has 0 radical (unpaired) electrons. The molecular formula is C12H12N2O2S. The van der Waals surface area contributed by atoms with Crippen LogP contribution in [-0.4, -0.2) is 22.0 Å². The number of carboxylic acid groups (broad SMARTS) is 1. The maximum atomic E-state index is 11.1. The first-order valence-corrected chi connectivity index (χ1v) is 6.30. The third-order valence-electron chi connectivity index (χ3n) is 3.28. The summed E-state index contributed by atoms with van der Waals surface area (Å²) in [7, 11) is 0. The van der Waals surface area contributed by atoms with Gasteiger partial charge >= 0.3 is 5.97 Å². The van der Waals surface area contributed by atoms with Gasteiger partial charge in [0.05, 0.1) is 10.9 Å². The van der Waals surface area contributed by atoms with E-state index >= 15 is 0 Å². The molecule has 17 heavy (non-hydrogen) atoms. The molecule has 1 aliphatic rings. The van der Waals surface area contributed by atoms with Gasteiger partial charge in [0.25, 0.3) is 0 Å². The molecule has 4 nitrogen and oxygen atoms in total. The van der Waals surface area contributed by atoms with Gasteiger partial charge in [-0.3, -0.25) is 4.79 Å². The van der Waals surface area contributed by atoms with Gasteiger partial charge in [0.15, 0.2) is 0 Å². The summed E-state index contributed by atoms with van der Waals surface area (Å²) in [4.78, 5) is 11.1. The summed E-state index contributed by atoms with van der Waals surface area (Å²) in [6, 6.07) is 7.88. The Labute approximate surface area is 102 Å². The van der Waals surface area contributed by atoms with Crippen LogP contribution in [0.3, 0.4) is 0 Å². The highest BCUT2D eigenvalue weighted by Gasteiger charge is 2.50. The van der Waals surface area contributed by atoms with Gasteiger partial charge in [0.2, 0.25) is 0 Å². The van der Waals surface area contributed by atoms with E-state index in [0.29, 0.717) is 6.54 Å². The topological polar surface area (TPSA) is 62.2 Å². The molecule has 0 spiro atoms. The van der Waals surface area contributed by atoms with Crippen molar-refractivity contribution in [2.45, 2.75) is 12.8 Å². The van der Waals surface area contributed by atoms with Crippen molar-refractivity contribution in [2.24, 2.45) is 5.41 Å². The van der Waals surface area contributed by atoms with Gasteiger partial charge in [0, 0.05) is 11.9 Å². The Morgan fingerprint density at radius 2 is 2.24 bits per heavy atom. The zero-order valence-electron chi connectivity index (χ0n) is 9.14. The fourth-order valence-corrected chi connectivity index (χ4v) is 2.64. The van der Waals surface area contributed by atoms with Gasteiger partial charge in [-0.25, -0.2) is 0 Å². The largest absolute Gasteiger partial charge is 0.481 e. The average Bonchev–Trinajstić information content (AvgIpc) is 3.02. The monoisotopic (exact) mass is 248 g/mol. The summed E-state index contributed by atoms with van der Waals surface area (Å²) in [5.41, 5.74) is 0.422. The van der Waals surface area contributed by atoms with Crippen LogP contribution in [0.1, 0.15) is 12.8 Å². The van der Waals surface area contributed by atoms with E-state index in [4.69, 9.17) is 5.11 Å². The molecule has 2 aromatic rings. The van der Waals surface area contributed by atoms with Gasteiger partial charge in [-0.05, 0) is 36.5 Å². The first kappa shape index (κ1) is 10.5. The Morgan fingerprint density at radius 1 is 1.47 bits per heavy atom. The number of rotatable bonds is 4. The number of aromatic nitrogens is 1. The van der Waals surface area contributed by atoms with E-state index in [0.717, 1.165) is 28.7 Å². The van der Waals surface area contributed by atoms with Crippen LogP contribution in [0.4, 0.5) is 5.00 Å². The predicted octanol–water partition coefficient (Wildman–Crippen LogP) is 2.57. The summed E-state index contributed by atoms with van der Waals surface area (Å²) in [6.45, 7) is 0.495. The number of aliphatic carboxylic acids is 1. The average molecular weight is 248 g/mol. The second kappa shape index (κ2) is 3.70. The molecule has 2 N–H and O–H groups in total. The standard InChI is InChI=1S/C12H12N2O2S/c15-11(16)12(5-6-12)7-13-10-8-3-1-2-4-9(8)14-17-10/h1-4,13H,5-7H2,(H,15,16). The third-order valence-corrected chi connectivity index (χ3v) is 4.11. The molecule has 0 aliphatic heterocycles. The molecule has 1 heterocycles. The highest BCUT2D eigenvalue weighted by molar-refractivity contribution is 7.11. The van der Waals surface area contributed by atoms with Crippen molar-refractivity contribution in [2.75, 3.05) is 11.9 Å². The van der Waals surface area contributed by atoms with Crippen LogP contribution in [0.5, 0.6) is 0 Å². The molecule has 1 aliphatic carbocycles. The number of carbonyl (C=O) groups is 1. The Balaban J connectivity index is 1.80. The van der Waals surface area contributed by atoms with Crippen molar-refractivity contribution in [1.82, 2.24) is 4.37 Å². The molecule has 88 valence electrons. The first-order valence-electron chi connectivity index (χ1n) is 5.53. The number of anilines is 1. The minimum absolute atomic E-state index is 0.495. The van der Waals surface area contributed by atoms with Crippen LogP contribution in [0.15, 0.2) is 24.3 Å². The normalized spacial score (nSPS) is 16.9. The van der Waals surface area contributed by atoms with E-state index in [2.05, 4.69) is 9.69 Å². The summed E-state index contributed by atoms with van der Waals surface area (Å²) in [5.74, 6) is -0.696. The molecule has 0 atom stereocenters. The second-order valence-electron chi connectivity index (χ2n) is 4.47. The lowest BCUT2D eigenvalue weighted by molar-refractivity contribution is -0.142. The fourth-order valence-electron chi connectivity index (χ4n) is 1.88. The molecule has 3 rings (SSSR count). The molecule has 1 fully saturated rings. The molecule has 5 heteroatoms. The van der Waals surface area contributed by atoms with Crippen molar-refractivity contribution in [3.05, 3.63) is 24.3 Å². The maximum absolute atomic E-state index is 11.1. The summed E-state index contributed by atoms with van der Waals surface area (Å²) in [6.07, 6.45) is 1.54. The van der Waals surface area contributed by atoms with Crippen molar-refractivity contribution < 1.29 is 9.90 Å². The van der Waals surface area contributed by atoms with E-state index in [1.807, 2.05) is 24.3 Å². The molecule has 0 saturated heterocycles. The molecule has 1 aromatic heterocycles. The van der Waals surface area contributed by atoms with Crippen molar-refractivity contribution >= 4 is 33.4 Å². The minimum atomic E-state index is -0.696. The Hall–Kier alpha value is -1.62. The number of hydrogen-bond donors (Lipinski definition) is 2. The highest BCUT2D eigenvalue weighted by atomic mass is 32.1. The number of benzene rings is 1. The number of nitrogens with zero attached hydrogens (tertiary/aromatic N) is 1. The molecule has 0 amide bonds. The minimum Gasteiger partial charge on any atom is -0.481 e. The molecular weight excluding hydrogens is 236 g/mol. The van der Waals surface area contributed by atoms with Crippen LogP contribution in [-0.2, 0) is 4.79 Å². The van der Waals surface area contributed by atoms with E-state index < -0.39 is 11.4 Å². The van der Waals surface area contributed by atoms with Crippen LogP contribution in [0, 0.1) is 5.41 Å². The van der Waals surface area contributed by atoms with Gasteiger partial charge in [-0.1, -0.05) is 12.1 Å². The van der Waals surface area contributed by atoms with Crippen molar-refractivity contribution in [3.8, 4) is 0 Å². The Bertz CT molecular complexity index is 575. The lowest BCUT2D eigenvalue weighted by atomic mass is 10.1. The SMILES string of the molecule is O=C(O)C1(CNc2snc3ccccc23)CC1. The summed E-state index contributed by atoms with van der Waals surface area (Å²) < 4.78 is 4.32. The summed E-state index contributed by atoms with van der Waals surface area (Å²) >= 11 is 1.39. The molecule has 0 unspecified atom stereocenters. The smallest absolute Gasteiger partial charge is 0.311 e. The van der Waals surface area contributed by atoms with Gasteiger partial charge < -0.3 is 10.4 Å². The van der Waals surface area contributed by atoms with Crippen LogP contribution in [0.2, 0.25) is 0 Å². The number of hydrogen-bond acceptors (Lipinski definition) is 4. The maximum Gasteiger partial charge on any atom is 0.311 e. The van der Waals surface area contributed by atoms with E-state index in [1.54, 1.807) is 0 Å². The predicted molar refractivity (Wildman–Crippen MR) is 67.4 cm³/mol. The third kappa shape index (κ3) is 1.76. The summed E-state index contributed by atoms with van der Waals surface area (Å²) in [5, 5.41) is 14.4. The zero-order valence-corrected chi connectivity index (χ0v) is 9.96. The lowest BCUT2D eigenvalue weighted by Crippen LogP contribution is -2.24. The van der Waals surface area contributed by atoms with Gasteiger partial charge in [0.1, 0.15) is 5.00 Å². The van der Waals surface area contributed by atoms with Crippen LogP contribution < -0.4 is 5.32 Å². The van der Waals surface area contributed by atoms with E-state index in [9.17, 15) is 4.79 Å². The fraction of sp³-hybridized carbons (Fsp3) is 0.333. The highest BCUT2D eigenvalue weighted by Crippen LogP contribution is 2.46. The van der Waals surface area contributed by atoms with E-state index in [1.165, 1.54) is 11.5 Å². The van der Waals surface area contributed by atoms with Crippen LogP contribution >= 0.6 is 11.5 Å². The second-order valence-corrected chi connectivity index (χ2v) is 5.24. The Kier molecular flexibility index (Phi) is 2.29. The van der Waals surface area contributed by atoms with Crippen LogP contribution in [0.25, 0.3) is 10.9 Å². The zero-order chi connectivity index (χ0) is 11.9. The number of nitrogens with one attached hydrogen (secondary N) is 1. The molecule has 0 bridgehead atoms. The van der Waals surface area contributed by atoms with Crippen molar-refractivity contribution in [3.63, 3.8) is 0 Å². The lowest BCUT2D eigenvalue weighted by Gasteiger charge is -2.10.